The molecule has 1 unspecified atom stereocenters. The van der Waals surface area contributed by atoms with Gasteiger partial charge in [0.2, 0.25) is 10.0 Å². The molecule has 0 radical (unpaired) electrons. The minimum Gasteiger partial charge on any atom is -0.398 e. The molecule has 102 valence electrons. The van der Waals surface area contributed by atoms with E-state index in [0.717, 1.165) is 16.4 Å². The normalized spacial score (nSPS) is 13.9. The van der Waals surface area contributed by atoms with E-state index in [1.54, 1.807) is 0 Å². The van der Waals surface area contributed by atoms with Gasteiger partial charge < -0.3 is 10.8 Å². The first-order valence-electron chi connectivity index (χ1n) is 5.05. The van der Waals surface area contributed by atoms with Crippen molar-refractivity contribution < 1.29 is 17.9 Å². The predicted molar refractivity (Wildman–Crippen MR) is 70.0 cm³/mol. The molecule has 8 heteroatoms. The van der Waals surface area contributed by atoms with E-state index >= 15 is 0 Å². The third-order valence-electron chi connectivity index (χ3n) is 2.26. The van der Waals surface area contributed by atoms with E-state index in [4.69, 9.17) is 5.73 Å². The highest BCUT2D eigenvalue weighted by atomic mass is 79.9. The van der Waals surface area contributed by atoms with Crippen LogP contribution in [0.1, 0.15) is 6.92 Å². The van der Waals surface area contributed by atoms with E-state index in [0.29, 0.717) is 0 Å². The van der Waals surface area contributed by atoms with Gasteiger partial charge >= 0.3 is 0 Å². The maximum atomic E-state index is 13.2. The van der Waals surface area contributed by atoms with E-state index in [2.05, 4.69) is 15.9 Å². The fourth-order valence-electron chi connectivity index (χ4n) is 1.41. The zero-order valence-corrected chi connectivity index (χ0v) is 12.3. The Morgan fingerprint density at radius 3 is 2.61 bits per heavy atom. The van der Waals surface area contributed by atoms with Gasteiger partial charge in [0.05, 0.1) is 16.3 Å². The SMILES string of the molecule is CC(O)CN(C)S(=O)(=O)c1cc(Br)c(F)cc1N. The van der Waals surface area contributed by atoms with Crippen LogP contribution in [0.5, 0.6) is 0 Å². The maximum Gasteiger partial charge on any atom is 0.244 e. The molecule has 0 heterocycles. The lowest BCUT2D eigenvalue weighted by Gasteiger charge is -2.19. The molecular formula is C10H14BrFN2O3S. The van der Waals surface area contributed by atoms with Crippen molar-refractivity contribution in [1.29, 1.82) is 0 Å². The van der Waals surface area contributed by atoms with E-state index in [1.165, 1.54) is 14.0 Å². The molecule has 0 saturated heterocycles. The van der Waals surface area contributed by atoms with Crippen molar-refractivity contribution in [2.45, 2.75) is 17.9 Å². The zero-order valence-electron chi connectivity index (χ0n) is 9.89. The summed E-state index contributed by atoms with van der Waals surface area (Å²) >= 11 is 2.91. The Kier molecular flexibility index (Phi) is 4.71. The second-order valence-corrected chi connectivity index (χ2v) is 6.81. The highest BCUT2D eigenvalue weighted by Crippen LogP contribution is 2.28. The van der Waals surface area contributed by atoms with Crippen LogP contribution in [0.25, 0.3) is 0 Å². The van der Waals surface area contributed by atoms with Gasteiger partial charge in [-0.3, -0.25) is 0 Å². The Labute approximate surface area is 114 Å². The van der Waals surface area contributed by atoms with Gasteiger partial charge in [-0.2, -0.15) is 4.31 Å². The third kappa shape index (κ3) is 3.19. The molecule has 1 aromatic rings. The average molecular weight is 341 g/mol. The van der Waals surface area contributed by atoms with Crippen LogP contribution in [-0.4, -0.2) is 37.5 Å². The van der Waals surface area contributed by atoms with Crippen molar-refractivity contribution in [3.63, 3.8) is 0 Å². The van der Waals surface area contributed by atoms with Crippen LogP contribution in [0.2, 0.25) is 0 Å². The Bertz CT molecular complexity index is 548. The Hall–Kier alpha value is -0.700. The van der Waals surface area contributed by atoms with Crippen molar-refractivity contribution in [2.24, 2.45) is 0 Å². The summed E-state index contributed by atoms with van der Waals surface area (Å²) < 4.78 is 38.5. The minimum absolute atomic E-state index is 0.0146. The molecule has 18 heavy (non-hydrogen) atoms. The van der Waals surface area contributed by atoms with Crippen LogP contribution < -0.4 is 5.73 Å². The fraction of sp³-hybridized carbons (Fsp3) is 0.400. The van der Waals surface area contributed by atoms with Crippen molar-refractivity contribution >= 4 is 31.6 Å². The summed E-state index contributed by atoms with van der Waals surface area (Å²) in [6.45, 7) is 1.40. The number of hydrogen-bond acceptors (Lipinski definition) is 4. The van der Waals surface area contributed by atoms with Gasteiger partial charge in [0.15, 0.2) is 0 Å². The summed E-state index contributed by atoms with van der Waals surface area (Å²) in [5.41, 5.74) is 5.34. The predicted octanol–water partition coefficient (Wildman–Crippen LogP) is 1.17. The first-order valence-corrected chi connectivity index (χ1v) is 7.28. The van der Waals surface area contributed by atoms with Crippen molar-refractivity contribution in [3.8, 4) is 0 Å². The molecule has 0 aliphatic heterocycles. The summed E-state index contributed by atoms with van der Waals surface area (Å²) in [5.74, 6) is -0.635. The van der Waals surface area contributed by atoms with Crippen LogP contribution in [-0.2, 0) is 10.0 Å². The number of hydrogen-bond donors (Lipinski definition) is 2. The Morgan fingerprint density at radius 2 is 2.11 bits per heavy atom. The van der Waals surface area contributed by atoms with Crippen molar-refractivity contribution in [3.05, 3.63) is 22.4 Å². The van der Waals surface area contributed by atoms with E-state index in [-0.39, 0.29) is 21.6 Å². The quantitative estimate of drug-likeness (QED) is 0.806. The first kappa shape index (κ1) is 15.4. The standard InChI is InChI=1S/C10H14BrFN2O3S/c1-6(15)5-14(2)18(16,17)10-3-7(11)8(12)4-9(10)13/h3-4,6,15H,5,13H2,1-2H3. The van der Waals surface area contributed by atoms with Gasteiger partial charge in [0.1, 0.15) is 10.7 Å². The second-order valence-electron chi connectivity index (χ2n) is 3.94. The minimum atomic E-state index is -3.85. The van der Waals surface area contributed by atoms with Gasteiger partial charge in [-0.25, -0.2) is 12.8 Å². The molecule has 0 saturated carbocycles. The number of benzene rings is 1. The second kappa shape index (κ2) is 5.52. The number of aliphatic hydroxyl groups excluding tert-OH is 1. The smallest absolute Gasteiger partial charge is 0.244 e. The largest absolute Gasteiger partial charge is 0.398 e. The molecule has 0 fully saturated rings. The summed E-state index contributed by atoms with van der Waals surface area (Å²) in [5, 5.41) is 9.19. The van der Waals surface area contributed by atoms with Gasteiger partial charge in [-0.15, -0.1) is 0 Å². The van der Waals surface area contributed by atoms with Crippen LogP contribution in [0, 0.1) is 5.82 Å². The number of rotatable bonds is 4. The molecule has 0 spiro atoms. The fourth-order valence-corrected chi connectivity index (χ4v) is 3.27. The van der Waals surface area contributed by atoms with Crippen LogP contribution in [0.15, 0.2) is 21.5 Å². The Balaban J connectivity index is 3.24. The summed E-state index contributed by atoms with van der Waals surface area (Å²) in [6.07, 6.45) is -0.810. The van der Waals surface area contributed by atoms with Crippen LogP contribution >= 0.6 is 15.9 Å². The number of anilines is 1. The van der Waals surface area contributed by atoms with Gasteiger partial charge in [-0.05, 0) is 35.0 Å². The van der Waals surface area contributed by atoms with Gasteiger partial charge in [-0.1, -0.05) is 0 Å². The molecular weight excluding hydrogens is 327 g/mol. The van der Waals surface area contributed by atoms with Crippen LogP contribution in [0.3, 0.4) is 0 Å². The topological polar surface area (TPSA) is 83.6 Å². The number of aliphatic hydroxyl groups is 1. The molecule has 0 aliphatic rings. The highest BCUT2D eigenvalue weighted by Gasteiger charge is 2.25. The highest BCUT2D eigenvalue weighted by molar-refractivity contribution is 9.10. The molecule has 0 amide bonds. The summed E-state index contributed by atoms with van der Waals surface area (Å²) in [7, 11) is -2.53. The number of nitrogen functional groups attached to an aromatic ring is 1. The molecule has 5 nitrogen and oxygen atoms in total. The zero-order chi connectivity index (χ0) is 14.1. The van der Waals surface area contributed by atoms with E-state index < -0.39 is 21.9 Å². The monoisotopic (exact) mass is 340 g/mol. The molecule has 0 aliphatic carbocycles. The van der Waals surface area contributed by atoms with Gasteiger partial charge in [0, 0.05) is 13.6 Å². The molecule has 0 bridgehead atoms. The van der Waals surface area contributed by atoms with Crippen molar-refractivity contribution in [1.82, 2.24) is 4.31 Å². The lowest BCUT2D eigenvalue weighted by molar-refractivity contribution is 0.171. The molecule has 0 aromatic heterocycles. The first-order chi connectivity index (χ1) is 8.16. The Morgan fingerprint density at radius 1 is 1.56 bits per heavy atom. The van der Waals surface area contributed by atoms with Crippen molar-refractivity contribution in [2.75, 3.05) is 19.3 Å². The summed E-state index contributed by atoms with van der Waals surface area (Å²) in [4.78, 5) is -0.195. The molecule has 1 atom stereocenters. The average Bonchev–Trinajstić information content (AvgIpc) is 2.22. The maximum absolute atomic E-state index is 13.2. The number of nitrogens with two attached hydrogens (primary N) is 1. The number of halogens is 2. The summed E-state index contributed by atoms with van der Waals surface area (Å²) in [6, 6.07) is 2.05. The number of sulfonamides is 1. The van der Waals surface area contributed by atoms with Crippen LogP contribution in [0.4, 0.5) is 10.1 Å². The lowest BCUT2D eigenvalue weighted by Crippen LogP contribution is -2.33. The van der Waals surface area contributed by atoms with E-state index in [1.807, 2.05) is 0 Å². The molecule has 1 aromatic carbocycles. The molecule has 3 N–H and O–H groups in total. The number of likely N-dealkylation sites (N-methyl/N-ethyl adjacent to an activating group) is 1. The molecule has 1 rings (SSSR count). The number of nitrogens with zero attached hydrogens (tertiary/aromatic N) is 1. The van der Waals surface area contributed by atoms with Gasteiger partial charge in [0.25, 0.3) is 0 Å². The lowest BCUT2D eigenvalue weighted by atomic mass is 10.3. The third-order valence-corrected chi connectivity index (χ3v) is 4.75. The van der Waals surface area contributed by atoms with E-state index in [9.17, 15) is 17.9 Å².